The molecule has 1 N–H and O–H groups in total. The molecule has 0 radical (unpaired) electrons. The summed E-state index contributed by atoms with van der Waals surface area (Å²) in [5.41, 5.74) is 9.67. The Bertz CT molecular complexity index is 1810. The van der Waals surface area contributed by atoms with Gasteiger partial charge in [0, 0.05) is 34.6 Å². The van der Waals surface area contributed by atoms with E-state index in [2.05, 4.69) is 148 Å². The molecule has 0 amide bonds. The number of fused-ring (bicyclic) bond motifs is 1. The largest absolute Gasteiger partial charge is 0.340 e. The van der Waals surface area contributed by atoms with E-state index in [1.54, 1.807) is 0 Å². The molecule has 228 valence electrons. The van der Waals surface area contributed by atoms with Crippen molar-refractivity contribution in [1.29, 1.82) is 0 Å². The quantitative estimate of drug-likeness (QED) is 0.223. The van der Waals surface area contributed by atoms with Gasteiger partial charge in [-0.2, -0.15) is 0 Å². The SMILES string of the molecule is CC(C)c1ccc2c(-c3ccc(C(C)(C)C)c(Nc4cc(-c5cc(C(C)(C)C)ccn5)ccc4C(C)(C)C)n3)nccc2c1. The van der Waals surface area contributed by atoms with Gasteiger partial charge in [-0.25, -0.2) is 4.98 Å². The number of benzene rings is 2. The molecular weight excluding hydrogens is 536 g/mol. The molecule has 0 atom stereocenters. The second-order valence-corrected chi connectivity index (χ2v) is 15.5. The van der Waals surface area contributed by atoms with E-state index in [1.807, 2.05) is 12.4 Å². The summed E-state index contributed by atoms with van der Waals surface area (Å²) in [6.07, 6.45) is 3.82. The Balaban J connectivity index is 1.66. The first-order valence-corrected chi connectivity index (χ1v) is 15.8. The highest BCUT2D eigenvalue weighted by molar-refractivity contribution is 5.94. The molecule has 0 aliphatic carbocycles. The van der Waals surface area contributed by atoms with Gasteiger partial charge in [-0.1, -0.05) is 113 Å². The van der Waals surface area contributed by atoms with Gasteiger partial charge in [-0.05, 0) is 74.6 Å². The molecule has 0 aliphatic heterocycles. The smallest absolute Gasteiger partial charge is 0.134 e. The van der Waals surface area contributed by atoms with E-state index >= 15 is 0 Å². The zero-order chi connectivity index (χ0) is 32.0. The van der Waals surface area contributed by atoms with Crippen LogP contribution in [0, 0.1) is 0 Å². The molecule has 0 unspecified atom stereocenters. The van der Waals surface area contributed by atoms with Crippen LogP contribution in [0.5, 0.6) is 0 Å². The van der Waals surface area contributed by atoms with Crippen LogP contribution < -0.4 is 5.32 Å². The predicted octanol–water partition coefficient (Wildman–Crippen LogP) is 11.1. The number of hydrogen-bond donors (Lipinski definition) is 1. The molecule has 0 saturated carbocycles. The second-order valence-electron chi connectivity index (χ2n) is 15.5. The normalized spacial score (nSPS) is 12.6. The Morgan fingerprint density at radius 1 is 0.614 bits per heavy atom. The minimum Gasteiger partial charge on any atom is -0.340 e. The Labute approximate surface area is 264 Å². The van der Waals surface area contributed by atoms with Gasteiger partial charge in [-0.15, -0.1) is 0 Å². The van der Waals surface area contributed by atoms with E-state index in [4.69, 9.17) is 15.0 Å². The molecule has 44 heavy (non-hydrogen) atoms. The second kappa shape index (κ2) is 11.5. The summed E-state index contributed by atoms with van der Waals surface area (Å²) in [6, 6.07) is 24.1. The summed E-state index contributed by atoms with van der Waals surface area (Å²) in [7, 11) is 0. The van der Waals surface area contributed by atoms with Crippen molar-refractivity contribution in [1.82, 2.24) is 15.0 Å². The van der Waals surface area contributed by atoms with Gasteiger partial charge < -0.3 is 5.32 Å². The standard InChI is InChI=1S/C40H48N4/c1-25(2)26-12-14-30-27(22-26)18-20-42-36(30)33-17-16-32(40(9,10)11)37(43-33)44-35-23-28(13-15-31(35)39(6,7)8)34-24-29(19-21-41-34)38(3,4)5/h12-25H,1-11H3,(H,43,44). The molecular formula is C40H48N4. The topological polar surface area (TPSA) is 50.7 Å². The molecule has 3 aromatic heterocycles. The van der Waals surface area contributed by atoms with Crippen LogP contribution in [-0.4, -0.2) is 15.0 Å². The lowest BCUT2D eigenvalue weighted by molar-refractivity contribution is 0.588. The van der Waals surface area contributed by atoms with E-state index in [1.165, 1.54) is 22.1 Å². The van der Waals surface area contributed by atoms with Crippen molar-refractivity contribution < 1.29 is 0 Å². The zero-order valence-electron chi connectivity index (χ0n) is 28.4. The van der Waals surface area contributed by atoms with Crippen LogP contribution in [0.1, 0.15) is 104 Å². The highest BCUT2D eigenvalue weighted by Crippen LogP contribution is 2.39. The highest BCUT2D eigenvalue weighted by atomic mass is 15.0. The third-order valence-corrected chi connectivity index (χ3v) is 8.40. The Morgan fingerprint density at radius 3 is 1.95 bits per heavy atom. The summed E-state index contributed by atoms with van der Waals surface area (Å²) in [4.78, 5) is 14.9. The fourth-order valence-corrected chi connectivity index (χ4v) is 5.69. The highest BCUT2D eigenvalue weighted by Gasteiger charge is 2.24. The third-order valence-electron chi connectivity index (χ3n) is 8.40. The fourth-order valence-electron chi connectivity index (χ4n) is 5.69. The van der Waals surface area contributed by atoms with Crippen molar-refractivity contribution in [3.8, 4) is 22.6 Å². The molecule has 0 fully saturated rings. The molecule has 4 nitrogen and oxygen atoms in total. The monoisotopic (exact) mass is 584 g/mol. The van der Waals surface area contributed by atoms with Crippen LogP contribution in [0.15, 0.2) is 79.1 Å². The summed E-state index contributed by atoms with van der Waals surface area (Å²) < 4.78 is 0. The average Bonchev–Trinajstić information content (AvgIpc) is 2.95. The van der Waals surface area contributed by atoms with Crippen LogP contribution in [-0.2, 0) is 16.2 Å². The molecule has 0 bridgehead atoms. The lowest BCUT2D eigenvalue weighted by Gasteiger charge is -2.27. The lowest BCUT2D eigenvalue weighted by atomic mass is 9.83. The maximum Gasteiger partial charge on any atom is 0.134 e. The Hall–Kier alpha value is -4.05. The summed E-state index contributed by atoms with van der Waals surface area (Å²) in [5, 5.41) is 6.12. The van der Waals surface area contributed by atoms with Crippen molar-refractivity contribution in [2.24, 2.45) is 0 Å². The van der Waals surface area contributed by atoms with Crippen LogP contribution >= 0.6 is 0 Å². The van der Waals surface area contributed by atoms with Crippen LogP contribution in [0.4, 0.5) is 11.5 Å². The van der Waals surface area contributed by atoms with Gasteiger partial charge in [0.15, 0.2) is 0 Å². The number of hydrogen-bond acceptors (Lipinski definition) is 4. The van der Waals surface area contributed by atoms with Gasteiger partial charge in [0.05, 0.1) is 17.1 Å². The van der Waals surface area contributed by atoms with Gasteiger partial charge in [0.2, 0.25) is 0 Å². The molecule has 0 aliphatic rings. The van der Waals surface area contributed by atoms with Crippen LogP contribution in [0.25, 0.3) is 33.4 Å². The van der Waals surface area contributed by atoms with Crippen molar-refractivity contribution in [2.45, 2.75) is 98.3 Å². The van der Waals surface area contributed by atoms with E-state index in [0.29, 0.717) is 5.92 Å². The average molecular weight is 585 g/mol. The lowest BCUT2D eigenvalue weighted by Crippen LogP contribution is -2.18. The number of nitrogens with zero attached hydrogens (tertiary/aromatic N) is 3. The van der Waals surface area contributed by atoms with Crippen molar-refractivity contribution in [2.75, 3.05) is 5.32 Å². The molecule has 2 aromatic carbocycles. The van der Waals surface area contributed by atoms with Crippen molar-refractivity contribution >= 4 is 22.3 Å². The first kappa shape index (κ1) is 31.4. The molecule has 5 rings (SSSR count). The van der Waals surface area contributed by atoms with Crippen LogP contribution in [0.3, 0.4) is 0 Å². The molecule has 4 heteroatoms. The van der Waals surface area contributed by atoms with E-state index < -0.39 is 0 Å². The van der Waals surface area contributed by atoms with Gasteiger partial charge in [0.1, 0.15) is 5.82 Å². The Kier molecular flexibility index (Phi) is 8.18. The van der Waals surface area contributed by atoms with E-state index in [9.17, 15) is 0 Å². The summed E-state index contributed by atoms with van der Waals surface area (Å²) in [6.45, 7) is 24.7. The Morgan fingerprint density at radius 2 is 1.30 bits per heavy atom. The van der Waals surface area contributed by atoms with Gasteiger partial charge in [-0.3, -0.25) is 9.97 Å². The maximum atomic E-state index is 5.30. The fraction of sp³-hybridized carbons (Fsp3) is 0.375. The first-order valence-electron chi connectivity index (χ1n) is 15.8. The molecule has 0 saturated heterocycles. The van der Waals surface area contributed by atoms with Crippen LogP contribution in [0.2, 0.25) is 0 Å². The number of rotatable bonds is 5. The number of pyridine rings is 3. The van der Waals surface area contributed by atoms with Crippen molar-refractivity contribution in [3.05, 3.63) is 101 Å². The first-order chi connectivity index (χ1) is 20.5. The van der Waals surface area contributed by atoms with Gasteiger partial charge >= 0.3 is 0 Å². The number of nitrogens with one attached hydrogen (secondary N) is 1. The van der Waals surface area contributed by atoms with Gasteiger partial charge in [0.25, 0.3) is 0 Å². The minimum absolute atomic E-state index is 0.0437. The van der Waals surface area contributed by atoms with E-state index in [-0.39, 0.29) is 16.2 Å². The van der Waals surface area contributed by atoms with E-state index in [0.717, 1.165) is 45.1 Å². The zero-order valence-corrected chi connectivity index (χ0v) is 28.4. The molecule has 5 aromatic rings. The molecule has 3 heterocycles. The molecule has 0 spiro atoms. The summed E-state index contributed by atoms with van der Waals surface area (Å²) in [5.74, 6) is 1.32. The summed E-state index contributed by atoms with van der Waals surface area (Å²) >= 11 is 0. The maximum absolute atomic E-state index is 5.30. The van der Waals surface area contributed by atoms with Crippen molar-refractivity contribution in [3.63, 3.8) is 0 Å². The number of anilines is 2. The minimum atomic E-state index is -0.117. The number of aromatic nitrogens is 3. The predicted molar refractivity (Wildman–Crippen MR) is 188 cm³/mol. The third kappa shape index (κ3) is 6.55.